The summed E-state index contributed by atoms with van der Waals surface area (Å²) in [6.07, 6.45) is 4.13. The zero-order valence-electron chi connectivity index (χ0n) is 8.98. The Morgan fingerprint density at radius 1 is 0.867 bits per heavy atom. The van der Waals surface area contributed by atoms with Crippen molar-refractivity contribution in [1.29, 1.82) is 0 Å². The van der Waals surface area contributed by atoms with Gasteiger partial charge in [-0.1, -0.05) is 42.5 Å². The molecular formula is C13H14BN. The zero-order valence-corrected chi connectivity index (χ0v) is 8.98. The van der Waals surface area contributed by atoms with Crippen molar-refractivity contribution in [1.82, 2.24) is 4.98 Å². The first-order valence-electron chi connectivity index (χ1n) is 5.30. The molecule has 2 rings (SSSR count). The summed E-state index contributed by atoms with van der Waals surface area (Å²) in [5.41, 5.74) is 3.78. The lowest BCUT2D eigenvalue weighted by atomic mass is 10.0. The molecule has 0 saturated heterocycles. The first-order valence-corrected chi connectivity index (χ1v) is 5.30. The van der Waals surface area contributed by atoms with E-state index in [0.29, 0.717) is 0 Å². The second-order valence-electron chi connectivity index (χ2n) is 3.79. The van der Waals surface area contributed by atoms with Crippen LogP contribution in [0.15, 0.2) is 48.7 Å². The molecule has 1 aromatic heterocycles. The number of aromatic nitrogens is 1. The second-order valence-corrected chi connectivity index (χ2v) is 3.79. The van der Waals surface area contributed by atoms with Crippen molar-refractivity contribution >= 4 is 13.4 Å². The number of aryl methyl sites for hydroxylation is 2. The minimum Gasteiger partial charge on any atom is -0.272 e. The lowest BCUT2D eigenvalue weighted by molar-refractivity contribution is 0.952. The summed E-state index contributed by atoms with van der Waals surface area (Å²) in [6, 6.07) is 14.8. The predicted molar refractivity (Wildman–Crippen MR) is 66.3 cm³/mol. The van der Waals surface area contributed by atoms with E-state index in [-0.39, 0.29) is 0 Å². The third kappa shape index (κ3) is 2.95. The molecule has 0 saturated carbocycles. The largest absolute Gasteiger partial charge is 0.272 e. The average molecular weight is 195 g/mol. The van der Waals surface area contributed by atoms with Gasteiger partial charge in [0, 0.05) is 6.20 Å². The maximum atomic E-state index is 4.29. The van der Waals surface area contributed by atoms with Crippen molar-refractivity contribution in [2.24, 2.45) is 0 Å². The van der Waals surface area contributed by atoms with E-state index in [4.69, 9.17) is 0 Å². The van der Waals surface area contributed by atoms with E-state index in [1.807, 2.05) is 14.0 Å². The molecule has 1 nitrogen and oxygen atoms in total. The van der Waals surface area contributed by atoms with Crippen molar-refractivity contribution in [3.63, 3.8) is 0 Å². The Morgan fingerprint density at radius 3 is 2.27 bits per heavy atom. The Balaban J connectivity index is 1.96. The van der Waals surface area contributed by atoms with Crippen LogP contribution in [0.2, 0.25) is 0 Å². The van der Waals surface area contributed by atoms with Crippen molar-refractivity contribution in [2.45, 2.75) is 12.8 Å². The Morgan fingerprint density at radius 2 is 1.60 bits per heavy atom. The number of hydrogen-bond donors (Lipinski definition) is 0. The molecule has 15 heavy (non-hydrogen) atoms. The summed E-state index contributed by atoms with van der Waals surface area (Å²) in [5.74, 6) is 0. The molecule has 0 radical (unpaired) electrons. The Labute approximate surface area is 91.6 Å². The lowest BCUT2D eigenvalue weighted by Crippen LogP contribution is -2.07. The minimum atomic E-state index is 1.07. The molecule has 0 bridgehead atoms. The smallest absolute Gasteiger partial charge is 0.163 e. The summed E-state index contributed by atoms with van der Waals surface area (Å²) >= 11 is 0. The van der Waals surface area contributed by atoms with E-state index in [1.54, 1.807) is 0 Å². The maximum Gasteiger partial charge on any atom is 0.163 e. The van der Waals surface area contributed by atoms with Crippen molar-refractivity contribution in [2.75, 3.05) is 0 Å². The number of pyridine rings is 1. The standard InChI is InChI=1S/C13H14BN/c14-13-9-8-12(10-15-13)7-6-11-4-2-1-3-5-11/h1-5,8-10H,6-7,14H2. The molecule has 0 aliphatic rings. The van der Waals surface area contributed by atoms with Crippen LogP contribution in [0.1, 0.15) is 11.1 Å². The van der Waals surface area contributed by atoms with E-state index in [1.165, 1.54) is 11.1 Å². The fourth-order valence-electron chi connectivity index (χ4n) is 1.58. The van der Waals surface area contributed by atoms with E-state index < -0.39 is 0 Å². The van der Waals surface area contributed by atoms with E-state index >= 15 is 0 Å². The highest BCUT2D eigenvalue weighted by Gasteiger charge is 1.95. The highest BCUT2D eigenvalue weighted by molar-refractivity contribution is 6.30. The summed E-state index contributed by atoms with van der Waals surface area (Å²) < 4.78 is 0. The van der Waals surface area contributed by atoms with Crippen LogP contribution in [0.4, 0.5) is 0 Å². The SMILES string of the molecule is Bc1ccc(CCc2ccccc2)cn1. The van der Waals surface area contributed by atoms with Gasteiger partial charge in [0.2, 0.25) is 0 Å². The van der Waals surface area contributed by atoms with E-state index in [2.05, 4.69) is 47.4 Å². The van der Waals surface area contributed by atoms with Gasteiger partial charge in [0.05, 0.1) is 0 Å². The van der Waals surface area contributed by atoms with Crippen LogP contribution in [-0.4, -0.2) is 12.8 Å². The lowest BCUT2D eigenvalue weighted by Gasteiger charge is -2.01. The normalized spacial score (nSPS) is 10.1. The van der Waals surface area contributed by atoms with Gasteiger partial charge in [-0.15, -0.1) is 0 Å². The summed E-state index contributed by atoms with van der Waals surface area (Å²) in [5, 5.41) is 0. The van der Waals surface area contributed by atoms with Gasteiger partial charge in [0.15, 0.2) is 7.85 Å². The molecule has 0 spiro atoms. The van der Waals surface area contributed by atoms with Gasteiger partial charge in [-0.2, -0.15) is 0 Å². The molecule has 2 heteroatoms. The molecule has 0 fully saturated rings. The minimum absolute atomic E-state index is 1.07. The van der Waals surface area contributed by atoms with Crippen LogP contribution in [-0.2, 0) is 12.8 Å². The second kappa shape index (κ2) is 4.78. The monoisotopic (exact) mass is 195 g/mol. The van der Waals surface area contributed by atoms with Crippen molar-refractivity contribution in [3.8, 4) is 0 Å². The molecule has 74 valence electrons. The first-order chi connectivity index (χ1) is 7.34. The number of benzene rings is 1. The molecule has 0 aliphatic heterocycles. The zero-order chi connectivity index (χ0) is 10.5. The highest BCUT2D eigenvalue weighted by atomic mass is 14.6. The third-order valence-corrected chi connectivity index (χ3v) is 2.52. The molecular weight excluding hydrogens is 181 g/mol. The van der Waals surface area contributed by atoms with Crippen LogP contribution < -0.4 is 5.59 Å². The van der Waals surface area contributed by atoms with Crippen LogP contribution in [0.25, 0.3) is 0 Å². The van der Waals surface area contributed by atoms with E-state index in [0.717, 1.165) is 18.4 Å². The number of nitrogens with zero attached hydrogens (tertiary/aromatic N) is 1. The first kappa shape index (κ1) is 9.97. The van der Waals surface area contributed by atoms with Crippen LogP contribution in [0.3, 0.4) is 0 Å². The van der Waals surface area contributed by atoms with Crippen LogP contribution >= 0.6 is 0 Å². The van der Waals surface area contributed by atoms with Gasteiger partial charge in [-0.25, -0.2) is 0 Å². The van der Waals surface area contributed by atoms with Crippen LogP contribution in [0, 0.1) is 0 Å². The van der Waals surface area contributed by atoms with Crippen molar-refractivity contribution in [3.05, 3.63) is 59.8 Å². The number of rotatable bonds is 3. The van der Waals surface area contributed by atoms with Gasteiger partial charge < -0.3 is 0 Å². The molecule has 0 atom stereocenters. The fourth-order valence-corrected chi connectivity index (χ4v) is 1.58. The van der Waals surface area contributed by atoms with Gasteiger partial charge in [0.25, 0.3) is 0 Å². The molecule has 0 unspecified atom stereocenters. The molecule has 0 N–H and O–H groups in total. The predicted octanol–water partition coefficient (Wildman–Crippen LogP) is 1.13. The van der Waals surface area contributed by atoms with Crippen molar-refractivity contribution < 1.29 is 0 Å². The molecule has 0 aliphatic carbocycles. The molecule has 1 aromatic carbocycles. The third-order valence-electron chi connectivity index (χ3n) is 2.52. The molecule has 0 amide bonds. The topological polar surface area (TPSA) is 12.9 Å². The van der Waals surface area contributed by atoms with Crippen LogP contribution in [0.5, 0.6) is 0 Å². The number of hydrogen-bond acceptors (Lipinski definition) is 1. The van der Waals surface area contributed by atoms with Gasteiger partial charge >= 0.3 is 0 Å². The Kier molecular flexibility index (Phi) is 3.18. The quantitative estimate of drug-likeness (QED) is 0.669. The molecule has 2 aromatic rings. The van der Waals surface area contributed by atoms with E-state index in [9.17, 15) is 0 Å². The maximum absolute atomic E-state index is 4.29. The van der Waals surface area contributed by atoms with Gasteiger partial charge in [-0.05, 0) is 29.6 Å². The van der Waals surface area contributed by atoms with Gasteiger partial charge in [-0.3, -0.25) is 4.98 Å². The average Bonchev–Trinajstić information content (AvgIpc) is 2.30. The fraction of sp³-hybridized carbons (Fsp3) is 0.154. The Hall–Kier alpha value is -1.57. The summed E-state index contributed by atoms with van der Waals surface area (Å²) in [6.45, 7) is 0. The van der Waals surface area contributed by atoms with Gasteiger partial charge in [0.1, 0.15) is 0 Å². The summed E-state index contributed by atoms with van der Waals surface area (Å²) in [7, 11) is 2.01. The highest BCUT2D eigenvalue weighted by Crippen LogP contribution is 2.05. The Bertz CT molecular complexity index is 408. The summed E-state index contributed by atoms with van der Waals surface area (Å²) in [4.78, 5) is 4.29. The molecule has 1 heterocycles.